The molecule has 0 bridgehead atoms. The van der Waals surface area contributed by atoms with Gasteiger partial charge in [0.2, 0.25) is 5.91 Å². The van der Waals surface area contributed by atoms with Crippen LogP contribution in [0, 0.1) is 5.82 Å². The molecule has 0 fully saturated rings. The molecule has 0 saturated heterocycles. The Morgan fingerprint density at radius 2 is 2.05 bits per heavy atom. The normalized spacial score (nSPS) is 11.5. The van der Waals surface area contributed by atoms with E-state index in [0.29, 0.717) is 0 Å². The van der Waals surface area contributed by atoms with Gasteiger partial charge in [-0.2, -0.15) is 0 Å². The molecule has 0 spiro atoms. The zero-order chi connectivity index (χ0) is 15.1. The summed E-state index contributed by atoms with van der Waals surface area (Å²) in [4.78, 5) is 33.8. The molecule has 0 aliphatic carbocycles. The van der Waals surface area contributed by atoms with Crippen LogP contribution in [0.25, 0.3) is 0 Å². The summed E-state index contributed by atoms with van der Waals surface area (Å²) < 4.78 is 12.9. The van der Waals surface area contributed by atoms with E-state index in [1.165, 1.54) is 18.2 Å². The van der Waals surface area contributed by atoms with Crippen LogP contribution in [-0.2, 0) is 9.59 Å². The maximum atomic E-state index is 12.9. The first-order valence-corrected chi connectivity index (χ1v) is 6.00. The van der Waals surface area contributed by atoms with Gasteiger partial charge >= 0.3 is 5.97 Å². The second-order valence-corrected chi connectivity index (χ2v) is 4.06. The van der Waals surface area contributed by atoms with Crippen LogP contribution >= 0.6 is 0 Å². The molecule has 6 nitrogen and oxygen atoms in total. The number of amides is 2. The quantitative estimate of drug-likeness (QED) is 0.709. The molecule has 20 heavy (non-hydrogen) atoms. The number of hydrogen-bond acceptors (Lipinski definition) is 3. The van der Waals surface area contributed by atoms with E-state index >= 15 is 0 Å². The molecule has 0 saturated carbocycles. The lowest BCUT2D eigenvalue weighted by Gasteiger charge is -2.12. The molecule has 0 aromatic heterocycles. The number of carboxylic acid groups (broad SMARTS) is 1. The van der Waals surface area contributed by atoms with Crippen molar-refractivity contribution in [3.05, 3.63) is 35.6 Å². The topological polar surface area (TPSA) is 95.5 Å². The van der Waals surface area contributed by atoms with Gasteiger partial charge in [0.1, 0.15) is 11.9 Å². The van der Waals surface area contributed by atoms with Gasteiger partial charge < -0.3 is 15.7 Å². The molecule has 0 unspecified atom stereocenters. The standard InChI is InChI=1S/C13H15FN2O4/c1-2-10(13(19)20)16-11(17)7-15-12(18)8-4-3-5-9(14)6-8/h3-6,10H,2,7H2,1H3,(H,15,18)(H,16,17)(H,19,20)/t10-/m0/s1. The summed E-state index contributed by atoms with van der Waals surface area (Å²) in [6.07, 6.45) is 0.235. The zero-order valence-electron chi connectivity index (χ0n) is 10.9. The van der Waals surface area contributed by atoms with Crippen LogP contribution < -0.4 is 10.6 Å². The summed E-state index contributed by atoms with van der Waals surface area (Å²) in [6, 6.07) is 4.03. The lowest BCUT2D eigenvalue weighted by Crippen LogP contribution is -2.45. The molecule has 0 aliphatic rings. The van der Waals surface area contributed by atoms with Gasteiger partial charge in [-0.15, -0.1) is 0 Å². The molecule has 0 heterocycles. The van der Waals surface area contributed by atoms with Crippen LogP contribution in [0.1, 0.15) is 23.7 Å². The van der Waals surface area contributed by atoms with E-state index < -0.39 is 29.6 Å². The van der Waals surface area contributed by atoms with E-state index in [9.17, 15) is 18.8 Å². The van der Waals surface area contributed by atoms with Crippen molar-refractivity contribution in [1.82, 2.24) is 10.6 Å². The summed E-state index contributed by atoms with van der Waals surface area (Å²) in [7, 11) is 0. The minimum Gasteiger partial charge on any atom is -0.480 e. The Morgan fingerprint density at radius 3 is 2.60 bits per heavy atom. The summed E-state index contributed by atoms with van der Waals surface area (Å²) >= 11 is 0. The number of aliphatic carboxylic acids is 1. The number of benzene rings is 1. The lowest BCUT2D eigenvalue weighted by molar-refractivity contribution is -0.141. The fraction of sp³-hybridized carbons (Fsp3) is 0.308. The van der Waals surface area contributed by atoms with E-state index in [1.54, 1.807) is 6.92 Å². The Morgan fingerprint density at radius 1 is 1.35 bits per heavy atom. The van der Waals surface area contributed by atoms with E-state index in [2.05, 4.69) is 10.6 Å². The lowest BCUT2D eigenvalue weighted by atomic mass is 10.2. The first kappa shape index (κ1) is 15.6. The highest BCUT2D eigenvalue weighted by Crippen LogP contribution is 2.02. The van der Waals surface area contributed by atoms with Gasteiger partial charge in [0.25, 0.3) is 5.91 Å². The third kappa shape index (κ3) is 4.68. The van der Waals surface area contributed by atoms with E-state index in [4.69, 9.17) is 5.11 Å². The average molecular weight is 282 g/mol. The number of rotatable bonds is 6. The molecule has 7 heteroatoms. The predicted molar refractivity (Wildman–Crippen MR) is 68.6 cm³/mol. The van der Waals surface area contributed by atoms with Crippen molar-refractivity contribution >= 4 is 17.8 Å². The van der Waals surface area contributed by atoms with Crippen molar-refractivity contribution in [3.63, 3.8) is 0 Å². The first-order valence-electron chi connectivity index (χ1n) is 6.00. The molecule has 2 amide bonds. The molecule has 1 aromatic rings. The SMILES string of the molecule is CC[C@H](NC(=O)CNC(=O)c1cccc(F)c1)C(=O)O. The van der Waals surface area contributed by atoms with Gasteiger partial charge in [-0.05, 0) is 24.6 Å². The van der Waals surface area contributed by atoms with E-state index in [0.717, 1.165) is 6.07 Å². The van der Waals surface area contributed by atoms with Crippen LogP contribution in [-0.4, -0.2) is 35.5 Å². The number of carboxylic acids is 1. The van der Waals surface area contributed by atoms with Gasteiger partial charge in [0.05, 0.1) is 6.54 Å². The smallest absolute Gasteiger partial charge is 0.326 e. The zero-order valence-corrected chi connectivity index (χ0v) is 10.9. The largest absolute Gasteiger partial charge is 0.480 e. The van der Waals surface area contributed by atoms with Crippen LogP contribution in [0.15, 0.2) is 24.3 Å². The van der Waals surface area contributed by atoms with Gasteiger partial charge in [0.15, 0.2) is 0 Å². The molecule has 1 aromatic carbocycles. The number of carbonyl (C=O) groups is 3. The van der Waals surface area contributed by atoms with Gasteiger partial charge in [-0.1, -0.05) is 13.0 Å². The van der Waals surface area contributed by atoms with Crippen molar-refractivity contribution < 1.29 is 23.9 Å². The summed E-state index contributed by atoms with van der Waals surface area (Å²) in [5.41, 5.74) is 0.0862. The Balaban J connectivity index is 2.49. The number of carbonyl (C=O) groups excluding carboxylic acids is 2. The fourth-order valence-corrected chi connectivity index (χ4v) is 1.48. The Bertz CT molecular complexity index is 519. The summed E-state index contributed by atoms with van der Waals surface area (Å²) in [6.45, 7) is 1.24. The molecule has 108 valence electrons. The highest BCUT2D eigenvalue weighted by Gasteiger charge is 2.17. The molecule has 3 N–H and O–H groups in total. The highest BCUT2D eigenvalue weighted by molar-refractivity contribution is 5.96. The molecule has 0 aliphatic heterocycles. The van der Waals surface area contributed by atoms with Crippen molar-refractivity contribution in [3.8, 4) is 0 Å². The van der Waals surface area contributed by atoms with E-state index in [-0.39, 0.29) is 18.5 Å². The third-order valence-corrected chi connectivity index (χ3v) is 2.54. The highest BCUT2D eigenvalue weighted by atomic mass is 19.1. The summed E-state index contributed by atoms with van der Waals surface area (Å²) in [5.74, 6) is -2.93. The average Bonchev–Trinajstić information content (AvgIpc) is 2.41. The maximum absolute atomic E-state index is 12.9. The fourth-order valence-electron chi connectivity index (χ4n) is 1.48. The van der Waals surface area contributed by atoms with Gasteiger partial charge in [-0.25, -0.2) is 9.18 Å². The number of hydrogen-bond donors (Lipinski definition) is 3. The van der Waals surface area contributed by atoms with Crippen molar-refractivity contribution in [2.45, 2.75) is 19.4 Å². The number of halogens is 1. The second kappa shape index (κ2) is 7.22. The third-order valence-electron chi connectivity index (χ3n) is 2.54. The Labute approximate surface area is 115 Å². The van der Waals surface area contributed by atoms with Gasteiger partial charge in [0, 0.05) is 5.56 Å². The van der Waals surface area contributed by atoms with Crippen molar-refractivity contribution in [1.29, 1.82) is 0 Å². The molecule has 0 radical (unpaired) electrons. The van der Waals surface area contributed by atoms with Crippen LogP contribution in [0.5, 0.6) is 0 Å². The van der Waals surface area contributed by atoms with Crippen LogP contribution in [0.3, 0.4) is 0 Å². The minimum atomic E-state index is -1.14. The summed E-state index contributed by atoms with van der Waals surface area (Å²) in [5, 5.41) is 13.3. The predicted octanol–water partition coefficient (Wildman–Crippen LogP) is 0.535. The molecular formula is C13H15FN2O4. The maximum Gasteiger partial charge on any atom is 0.326 e. The van der Waals surface area contributed by atoms with Crippen molar-refractivity contribution in [2.24, 2.45) is 0 Å². The molecular weight excluding hydrogens is 267 g/mol. The molecule has 1 atom stereocenters. The second-order valence-electron chi connectivity index (χ2n) is 4.06. The first-order chi connectivity index (χ1) is 9.43. The van der Waals surface area contributed by atoms with E-state index in [1.807, 2.05) is 0 Å². The monoisotopic (exact) mass is 282 g/mol. The minimum absolute atomic E-state index is 0.0862. The molecule has 1 rings (SSSR count). The van der Waals surface area contributed by atoms with Crippen LogP contribution in [0.2, 0.25) is 0 Å². The number of nitrogens with one attached hydrogen (secondary N) is 2. The Hall–Kier alpha value is -2.44. The van der Waals surface area contributed by atoms with Gasteiger partial charge in [-0.3, -0.25) is 9.59 Å². The van der Waals surface area contributed by atoms with Crippen molar-refractivity contribution in [2.75, 3.05) is 6.54 Å². The van der Waals surface area contributed by atoms with Crippen LogP contribution in [0.4, 0.5) is 4.39 Å². The Kier molecular flexibility index (Phi) is 5.64.